The molecule has 138 valence electrons. The summed E-state index contributed by atoms with van der Waals surface area (Å²) >= 11 is 0. The summed E-state index contributed by atoms with van der Waals surface area (Å²) in [6, 6.07) is 18.0. The van der Waals surface area contributed by atoms with Crippen LogP contribution in [0.4, 0.5) is 10.1 Å². The molecular weight excluding hydrogens is 343 g/mol. The van der Waals surface area contributed by atoms with Gasteiger partial charge in [0.2, 0.25) is 0 Å². The van der Waals surface area contributed by atoms with Gasteiger partial charge in [-0.1, -0.05) is 0 Å². The fourth-order valence-corrected chi connectivity index (χ4v) is 3.13. The molecule has 0 radical (unpaired) electrons. The number of anilines is 1. The summed E-state index contributed by atoms with van der Waals surface area (Å²) in [5, 5.41) is 0. The summed E-state index contributed by atoms with van der Waals surface area (Å²) < 4.78 is 24.2. The third-order valence-corrected chi connectivity index (χ3v) is 4.51. The Morgan fingerprint density at radius 3 is 2.22 bits per heavy atom. The highest BCUT2D eigenvalue weighted by molar-refractivity contribution is 5.66. The van der Waals surface area contributed by atoms with Crippen molar-refractivity contribution in [3.8, 4) is 22.8 Å². The fraction of sp³-hybridized carbons (Fsp3) is 0.227. The van der Waals surface area contributed by atoms with Crippen molar-refractivity contribution in [2.45, 2.75) is 6.92 Å². The maximum absolute atomic E-state index is 13.0. The molecule has 0 amide bonds. The topological polar surface area (TPSA) is 34.6 Å². The van der Waals surface area contributed by atoms with Gasteiger partial charge >= 0.3 is 0 Å². The average molecular weight is 364 g/mol. The van der Waals surface area contributed by atoms with E-state index in [9.17, 15) is 4.39 Å². The van der Waals surface area contributed by atoms with Crippen molar-refractivity contribution in [1.29, 1.82) is 0 Å². The summed E-state index contributed by atoms with van der Waals surface area (Å²) in [7, 11) is 0. The first-order valence-electron chi connectivity index (χ1n) is 9.03. The van der Waals surface area contributed by atoms with Crippen molar-refractivity contribution >= 4 is 5.69 Å². The molecule has 4 rings (SSSR count). The number of hydrogen-bond acceptors (Lipinski definition) is 4. The number of aryl methyl sites for hydroxylation is 1. The van der Waals surface area contributed by atoms with Crippen molar-refractivity contribution in [1.82, 2.24) is 4.98 Å². The van der Waals surface area contributed by atoms with E-state index in [4.69, 9.17) is 9.47 Å². The van der Waals surface area contributed by atoms with Crippen LogP contribution in [0.15, 0.2) is 60.7 Å². The SMILES string of the molecule is Cc1cc(N2CCOCC2)cc(-c2ccc(Oc3ccc(F)cc3)cc2)n1. The normalized spacial score (nSPS) is 14.2. The van der Waals surface area contributed by atoms with E-state index in [0.717, 1.165) is 43.3 Å². The Kier molecular flexibility index (Phi) is 5.03. The van der Waals surface area contributed by atoms with Gasteiger partial charge < -0.3 is 14.4 Å². The molecule has 0 N–H and O–H groups in total. The van der Waals surface area contributed by atoms with Crippen molar-refractivity contribution < 1.29 is 13.9 Å². The van der Waals surface area contributed by atoms with Gasteiger partial charge in [0.25, 0.3) is 0 Å². The second kappa shape index (κ2) is 7.76. The third-order valence-electron chi connectivity index (χ3n) is 4.51. The zero-order valence-corrected chi connectivity index (χ0v) is 15.2. The Balaban J connectivity index is 1.54. The quantitative estimate of drug-likeness (QED) is 0.664. The predicted molar refractivity (Wildman–Crippen MR) is 104 cm³/mol. The van der Waals surface area contributed by atoms with E-state index in [0.29, 0.717) is 11.5 Å². The molecule has 27 heavy (non-hydrogen) atoms. The van der Waals surface area contributed by atoms with Gasteiger partial charge in [-0.05, 0) is 67.6 Å². The van der Waals surface area contributed by atoms with Crippen LogP contribution in [0.25, 0.3) is 11.3 Å². The summed E-state index contributed by atoms with van der Waals surface area (Å²) in [5.41, 5.74) is 4.12. The van der Waals surface area contributed by atoms with E-state index < -0.39 is 0 Å². The molecule has 2 heterocycles. The molecular formula is C22H21FN2O2. The standard InChI is InChI=1S/C22H21FN2O2/c1-16-14-19(25-10-12-26-13-11-25)15-22(24-16)17-2-6-20(7-3-17)27-21-8-4-18(23)5-9-21/h2-9,14-15H,10-13H2,1H3. The van der Waals surface area contributed by atoms with Crippen molar-refractivity contribution in [2.24, 2.45) is 0 Å². The van der Waals surface area contributed by atoms with E-state index >= 15 is 0 Å². The van der Waals surface area contributed by atoms with Gasteiger partial charge in [0.1, 0.15) is 17.3 Å². The highest BCUT2D eigenvalue weighted by Crippen LogP contribution is 2.28. The molecule has 0 spiro atoms. The average Bonchev–Trinajstić information content (AvgIpc) is 2.70. The minimum absolute atomic E-state index is 0.278. The molecule has 1 fully saturated rings. The highest BCUT2D eigenvalue weighted by atomic mass is 19.1. The smallest absolute Gasteiger partial charge is 0.127 e. The minimum atomic E-state index is -0.278. The van der Waals surface area contributed by atoms with Crippen molar-refractivity contribution in [2.75, 3.05) is 31.2 Å². The van der Waals surface area contributed by atoms with Crippen molar-refractivity contribution in [3.05, 3.63) is 72.2 Å². The largest absolute Gasteiger partial charge is 0.457 e. The molecule has 0 unspecified atom stereocenters. The Morgan fingerprint density at radius 1 is 0.926 bits per heavy atom. The Bertz CT molecular complexity index is 905. The van der Waals surface area contributed by atoms with Gasteiger partial charge in [-0.15, -0.1) is 0 Å². The van der Waals surface area contributed by atoms with Gasteiger partial charge in [-0.25, -0.2) is 4.39 Å². The Hall–Kier alpha value is -2.92. The predicted octanol–water partition coefficient (Wildman–Crippen LogP) is 4.83. The van der Waals surface area contributed by atoms with Gasteiger partial charge in [0, 0.05) is 30.0 Å². The molecule has 0 bridgehead atoms. The van der Waals surface area contributed by atoms with Gasteiger partial charge in [-0.2, -0.15) is 0 Å². The number of morpholine rings is 1. The van der Waals surface area contributed by atoms with E-state index in [1.807, 2.05) is 31.2 Å². The van der Waals surface area contributed by atoms with Crippen LogP contribution in [0, 0.1) is 12.7 Å². The van der Waals surface area contributed by atoms with E-state index in [1.54, 1.807) is 12.1 Å². The number of nitrogens with zero attached hydrogens (tertiary/aromatic N) is 2. The molecule has 2 aromatic carbocycles. The molecule has 3 aromatic rings. The summed E-state index contributed by atoms with van der Waals surface area (Å²) in [6.07, 6.45) is 0. The lowest BCUT2D eigenvalue weighted by Gasteiger charge is -2.29. The van der Waals surface area contributed by atoms with Gasteiger partial charge in [-0.3, -0.25) is 4.98 Å². The molecule has 1 aromatic heterocycles. The number of hydrogen-bond donors (Lipinski definition) is 0. The summed E-state index contributed by atoms with van der Waals surface area (Å²) in [5.74, 6) is 1.03. The van der Waals surface area contributed by atoms with Crippen LogP contribution in [0.2, 0.25) is 0 Å². The number of aromatic nitrogens is 1. The van der Waals surface area contributed by atoms with Crippen LogP contribution < -0.4 is 9.64 Å². The number of ether oxygens (including phenoxy) is 2. The maximum atomic E-state index is 13.0. The molecule has 0 saturated carbocycles. The van der Waals surface area contributed by atoms with Crippen LogP contribution in [0.3, 0.4) is 0 Å². The minimum Gasteiger partial charge on any atom is -0.457 e. The van der Waals surface area contributed by atoms with Crippen LogP contribution in [0.5, 0.6) is 11.5 Å². The Labute approximate surface area is 158 Å². The molecule has 5 heteroatoms. The number of rotatable bonds is 4. The second-order valence-electron chi connectivity index (χ2n) is 6.53. The molecule has 1 aliphatic rings. The molecule has 1 aliphatic heterocycles. The van der Waals surface area contributed by atoms with Crippen LogP contribution >= 0.6 is 0 Å². The van der Waals surface area contributed by atoms with Crippen LogP contribution in [-0.4, -0.2) is 31.3 Å². The lowest BCUT2D eigenvalue weighted by atomic mass is 10.1. The lowest BCUT2D eigenvalue weighted by molar-refractivity contribution is 0.122. The molecule has 0 aliphatic carbocycles. The molecule has 0 atom stereocenters. The van der Waals surface area contributed by atoms with Crippen molar-refractivity contribution in [3.63, 3.8) is 0 Å². The number of benzene rings is 2. The lowest BCUT2D eigenvalue weighted by Crippen LogP contribution is -2.36. The van der Waals surface area contributed by atoms with Crippen LogP contribution in [0.1, 0.15) is 5.69 Å². The highest BCUT2D eigenvalue weighted by Gasteiger charge is 2.13. The zero-order chi connectivity index (χ0) is 18.6. The monoisotopic (exact) mass is 364 g/mol. The molecule has 1 saturated heterocycles. The van der Waals surface area contributed by atoms with E-state index in [1.165, 1.54) is 17.8 Å². The third kappa shape index (κ3) is 4.26. The van der Waals surface area contributed by atoms with E-state index in [-0.39, 0.29) is 5.82 Å². The van der Waals surface area contributed by atoms with Gasteiger partial charge in [0.05, 0.1) is 18.9 Å². The number of halogens is 1. The summed E-state index contributed by atoms with van der Waals surface area (Å²) in [4.78, 5) is 7.01. The number of pyridine rings is 1. The fourth-order valence-electron chi connectivity index (χ4n) is 3.13. The first-order valence-corrected chi connectivity index (χ1v) is 9.03. The van der Waals surface area contributed by atoms with Gasteiger partial charge in [0.15, 0.2) is 0 Å². The maximum Gasteiger partial charge on any atom is 0.127 e. The first kappa shape index (κ1) is 17.5. The molecule has 4 nitrogen and oxygen atoms in total. The van der Waals surface area contributed by atoms with E-state index in [2.05, 4.69) is 22.0 Å². The Morgan fingerprint density at radius 2 is 1.56 bits per heavy atom. The van der Waals surface area contributed by atoms with Crippen LogP contribution in [-0.2, 0) is 4.74 Å². The zero-order valence-electron chi connectivity index (χ0n) is 15.2. The second-order valence-corrected chi connectivity index (χ2v) is 6.53. The summed E-state index contributed by atoms with van der Waals surface area (Å²) in [6.45, 7) is 5.32. The first-order chi connectivity index (χ1) is 13.2.